The van der Waals surface area contributed by atoms with Gasteiger partial charge in [0.1, 0.15) is 9.84 Å². The number of ether oxygens (including phenoxy) is 1. The maximum atomic E-state index is 12.6. The molecule has 0 unspecified atom stereocenters. The minimum absolute atomic E-state index is 0.00241. The number of carbonyl (C=O) groups is 2. The van der Waals surface area contributed by atoms with Crippen LogP contribution in [0.5, 0.6) is 0 Å². The lowest BCUT2D eigenvalue weighted by atomic mass is 10.2. The van der Waals surface area contributed by atoms with E-state index in [1.165, 1.54) is 4.90 Å². The second-order valence-electron chi connectivity index (χ2n) is 6.20. The first kappa shape index (κ1) is 20.4. The highest BCUT2D eigenvalue weighted by molar-refractivity contribution is 7.91. The van der Waals surface area contributed by atoms with Gasteiger partial charge in [-0.2, -0.15) is 0 Å². The van der Waals surface area contributed by atoms with Gasteiger partial charge in [0, 0.05) is 11.9 Å². The van der Waals surface area contributed by atoms with E-state index in [4.69, 9.17) is 4.74 Å². The van der Waals surface area contributed by atoms with Gasteiger partial charge >= 0.3 is 5.97 Å². The summed E-state index contributed by atoms with van der Waals surface area (Å²) in [5.74, 6) is -1.84. The van der Waals surface area contributed by atoms with Crippen LogP contribution in [0.15, 0.2) is 30.3 Å². The summed E-state index contributed by atoms with van der Waals surface area (Å²) in [6.07, 6.45) is 0.976. The van der Waals surface area contributed by atoms with Gasteiger partial charge in [-0.05, 0) is 18.6 Å². The van der Waals surface area contributed by atoms with E-state index in [0.29, 0.717) is 12.1 Å². The molecule has 1 saturated heterocycles. The fraction of sp³-hybridized carbons (Fsp3) is 0.500. The molecule has 1 amide bonds. The summed E-state index contributed by atoms with van der Waals surface area (Å²) in [4.78, 5) is 25.5. The van der Waals surface area contributed by atoms with Gasteiger partial charge < -0.3 is 9.64 Å². The van der Waals surface area contributed by atoms with Gasteiger partial charge in [-0.15, -0.1) is 0 Å². The third kappa shape index (κ3) is 6.10. The molecule has 8 nitrogen and oxygen atoms in total. The first-order valence-corrected chi connectivity index (χ1v) is 11.9. The van der Waals surface area contributed by atoms with Crippen molar-refractivity contribution in [2.24, 2.45) is 0 Å². The molecule has 0 saturated carbocycles. The van der Waals surface area contributed by atoms with Gasteiger partial charge in [-0.1, -0.05) is 18.2 Å². The Hall–Kier alpha value is -1.94. The Morgan fingerprint density at radius 3 is 2.42 bits per heavy atom. The summed E-state index contributed by atoms with van der Waals surface area (Å²) < 4.78 is 50.5. The highest BCUT2D eigenvalue weighted by Crippen LogP contribution is 2.24. The lowest BCUT2D eigenvalue weighted by molar-refractivity contribution is -0.147. The lowest BCUT2D eigenvalue weighted by Crippen LogP contribution is -2.43. The zero-order valence-corrected chi connectivity index (χ0v) is 16.0. The van der Waals surface area contributed by atoms with Crippen molar-refractivity contribution in [2.45, 2.75) is 18.9 Å². The van der Waals surface area contributed by atoms with Crippen LogP contribution >= 0.6 is 0 Å². The van der Waals surface area contributed by atoms with Crippen LogP contribution < -0.4 is 4.90 Å². The lowest BCUT2D eigenvalue weighted by Gasteiger charge is -2.28. The zero-order valence-electron chi connectivity index (χ0n) is 14.3. The van der Waals surface area contributed by atoms with Crippen LogP contribution in [0.1, 0.15) is 12.8 Å². The van der Waals surface area contributed by atoms with Crippen LogP contribution in [0.25, 0.3) is 0 Å². The van der Waals surface area contributed by atoms with E-state index in [1.807, 2.05) is 0 Å². The molecule has 0 bridgehead atoms. The SMILES string of the molecule is CS(=O)(=O)CCC(=O)OCC(=O)N(c1ccccc1)[C@@H]1CCS(=O)(=O)C1. The minimum Gasteiger partial charge on any atom is -0.456 e. The summed E-state index contributed by atoms with van der Waals surface area (Å²) in [6, 6.07) is 8.03. The standard InChI is InChI=1S/C16H21NO7S2/c1-25(20,21)9-8-16(19)24-11-15(18)17(13-5-3-2-4-6-13)14-7-10-26(22,23)12-14/h2-6,14H,7-12H2,1H3/t14-/m1/s1. The molecular formula is C16H21NO7S2. The van der Waals surface area contributed by atoms with Crippen LogP contribution in [-0.4, -0.2) is 64.9 Å². The summed E-state index contributed by atoms with van der Waals surface area (Å²) in [5, 5.41) is 0. The van der Waals surface area contributed by atoms with Gasteiger partial charge in [0.2, 0.25) is 0 Å². The molecule has 144 valence electrons. The fourth-order valence-electron chi connectivity index (χ4n) is 2.68. The molecular weight excluding hydrogens is 382 g/mol. The van der Waals surface area contributed by atoms with Crippen LogP contribution in [0.4, 0.5) is 5.69 Å². The van der Waals surface area contributed by atoms with E-state index in [0.717, 1.165) is 6.26 Å². The van der Waals surface area contributed by atoms with E-state index < -0.39 is 44.2 Å². The van der Waals surface area contributed by atoms with Crippen molar-refractivity contribution in [1.82, 2.24) is 0 Å². The fourth-order valence-corrected chi connectivity index (χ4v) is 4.92. The maximum Gasteiger partial charge on any atom is 0.307 e. The number of esters is 1. The Labute approximate surface area is 153 Å². The highest BCUT2D eigenvalue weighted by atomic mass is 32.2. The smallest absolute Gasteiger partial charge is 0.307 e. The Kier molecular flexibility index (Phi) is 6.40. The average Bonchev–Trinajstić information content (AvgIpc) is 2.91. The van der Waals surface area contributed by atoms with Crippen molar-refractivity contribution in [3.05, 3.63) is 30.3 Å². The second-order valence-corrected chi connectivity index (χ2v) is 10.7. The van der Waals surface area contributed by atoms with Crippen LogP contribution in [-0.2, 0) is 34.0 Å². The van der Waals surface area contributed by atoms with Gasteiger partial charge in [0.15, 0.2) is 16.4 Å². The van der Waals surface area contributed by atoms with Gasteiger partial charge in [-0.3, -0.25) is 9.59 Å². The number of benzene rings is 1. The third-order valence-electron chi connectivity index (χ3n) is 3.91. The molecule has 1 aliphatic heterocycles. The normalized spacial score (nSPS) is 19.0. The van der Waals surface area contributed by atoms with Crippen molar-refractivity contribution in [3.8, 4) is 0 Å². The van der Waals surface area contributed by atoms with Crippen molar-refractivity contribution >= 4 is 37.2 Å². The van der Waals surface area contributed by atoms with Crippen molar-refractivity contribution in [1.29, 1.82) is 0 Å². The molecule has 0 radical (unpaired) electrons. The van der Waals surface area contributed by atoms with E-state index in [1.54, 1.807) is 30.3 Å². The third-order valence-corrected chi connectivity index (χ3v) is 6.61. The van der Waals surface area contributed by atoms with Crippen LogP contribution in [0.2, 0.25) is 0 Å². The summed E-state index contributed by atoms with van der Waals surface area (Å²) in [7, 11) is -6.51. The number of amides is 1. The quantitative estimate of drug-likeness (QED) is 0.597. The first-order valence-electron chi connectivity index (χ1n) is 7.98. The molecule has 0 aliphatic carbocycles. The average molecular weight is 403 g/mol. The molecule has 1 atom stereocenters. The number of para-hydroxylation sites is 1. The molecule has 1 aromatic carbocycles. The number of rotatable bonds is 7. The molecule has 2 rings (SSSR count). The Balaban J connectivity index is 2.06. The topological polar surface area (TPSA) is 115 Å². The molecule has 1 fully saturated rings. The van der Waals surface area contributed by atoms with E-state index >= 15 is 0 Å². The van der Waals surface area contributed by atoms with Gasteiger partial charge in [-0.25, -0.2) is 16.8 Å². The summed E-state index contributed by atoms with van der Waals surface area (Å²) in [6.45, 7) is -0.575. The van der Waals surface area contributed by atoms with Crippen molar-refractivity contribution < 1.29 is 31.2 Å². The number of carbonyl (C=O) groups excluding carboxylic acids is 2. The number of hydrogen-bond acceptors (Lipinski definition) is 7. The van der Waals surface area contributed by atoms with Crippen LogP contribution in [0.3, 0.4) is 0 Å². The van der Waals surface area contributed by atoms with Crippen LogP contribution in [0, 0.1) is 0 Å². The van der Waals surface area contributed by atoms with Crippen molar-refractivity contribution in [2.75, 3.05) is 35.0 Å². The predicted octanol–water partition coefficient (Wildman–Crippen LogP) is 0.185. The molecule has 0 spiro atoms. The Bertz CT molecular complexity index is 863. The van der Waals surface area contributed by atoms with E-state index in [-0.39, 0.29) is 23.7 Å². The summed E-state index contributed by atoms with van der Waals surface area (Å²) in [5.41, 5.74) is 0.520. The first-order chi connectivity index (χ1) is 12.1. The highest BCUT2D eigenvalue weighted by Gasteiger charge is 2.35. The van der Waals surface area contributed by atoms with Gasteiger partial charge in [0.25, 0.3) is 5.91 Å². The summed E-state index contributed by atoms with van der Waals surface area (Å²) >= 11 is 0. The largest absolute Gasteiger partial charge is 0.456 e. The van der Waals surface area contributed by atoms with Gasteiger partial charge in [0.05, 0.1) is 29.7 Å². The maximum absolute atomic E-state index is 12.6. The van der Waals surface area contributed by atoms with Crippen molar-refractivity contribution in [3.63, 3.8) is 0 Å². The number of anilines is 1. The molecule has 0 aromatic heterocycles. The minimum atomic E-state index is -3.31. The molecule has 1 aliphatic rings. The monoisotopic (exact) mass is 403 g/mol. The zero-order chi connectivity index (χ0) is 19.4. The van der Waals surface area contributed by atoms with E-state index in [2.05, 4.69) is 0 Å². The molecule has 26 heavy (non-hydrogen) atoms. The number of nitrogens with zero attached hydrogens (tertiary/aromatic N) is 1. The molecule has 1 heterocycles. The number of hydrogen-bond donors (Lipinski definition) is 0. The molecule has 10 heteroatoms. The van der Waals surface area contributed by atoms with E-state index in [9.17, 15) is 26.4 Å². The molecule has 1 aromatic rings. The Morgan fingerprint density at radius 1 is 1.23 bits per heavy atom. The second kappa shape index (κ2) is 8.17. The predicted molar refractivity (Wildman–Crippen MR) is 96.3 cm³/mol. The number of sulfone groups is 2. The molecule has 0 N–H and O–H groups in total. The Morgan fingerprint density at radius 2 is 1.88 bits per heavy atom.